The number of rotatable bonds is 4. The van der Waals surface area contributed by atoms with Crippen LogP contribution in [-0.4, -0.2) is 32.1 Å². The van der Waals surface area contributed by atoms with Crippen molar-refractivity contribution in [2.24, 2.45) is 5.41 Å². The zero-order valence-electron chi connectivity index (χ0n) is 7.14. The number of nitrogens with one attached hydrogen (secondary N) is 1. The van der Waals surface area contributed by atoms with Gasteiger partial charge in [0.2, 0.25) is 0 Å². The highest BCUT2D eigenvalue weighted by atomic mass is 16.5. The minimum absolute atomic E-state index is 0.144. The smallest absolute Gasteiger partial charge is 0.166 e. The fourth-order valence-corrected chi connectivity index (χ4v) is 1.07. The first-order chi connectivity index (χ1) is 5.19. The summed E-state index contributed by atoms with van der Waals surface area (Å²) < 4.78 is 5.04. The summed E-state index contributed by atoms with van der Waals surface area (Å²) >= 11 is 0. The lowest BCUT2D eigenvalue weighted by atomic mass is 9.80. The molecule has 0 aromatic rings. The van der Waals surface area contributed by atoms with E-state index >= 15 is 0 Å². The minimum Gasteiger partial charge on any atom is -0.374 e. The van der Waals surface area contributed by atoms with Gasteiger partial charge in [0.1, 0.15) is 6.61 Å². The highest BCUT2D eigenvalue weighted by molar-refractivity contribution is 5.87. The van der Waals surface area contributed by atoms with E-state index in [-0.39, 0.29) is 17.8 Å². The molecular formula is C8H15NO2. The maximum atomic E-state index is 11.3. The Morgan fingerprint density at radius 2 is 2.27 bits per heavy atom. The maximum Gasteiger partial charge on any atom is 0.166 e. The Morgan fingerprint density at radius 1 is 1.64 bits per heavy atom. The van der Waals surface area contributed by atoms with Gasteiger partial charge in [-0.25, -0.2) is 0 Å². The third-order valence-corrected chi connectivity index (χ3v) is 2.14. The van der Waals surface area contributed by atoms with Crippen molar-refractivity contribution in [1.82, 2.24) is 5.32 Å². The molecule has 0 aromatic carbocycles. The lowest BCUT2D eigenvalue weighted by Gasteiger charge is -2.37. The molecule has 1 heterocycles. The number of carbonyl (C=O) groups excluding carboxylic acids is 1. The molecule has 0 aromatic heterocycles. The first-order valence-electron chi connectivity index (χ1n) is 4.01. The van der Waals surface area contributed by atoms with E-state index in [9.17, 15) is 4.79 Å². The summed E-state index contributed by atoms with van der Waals surface area (Å²) in [5.74, 6) is 0.220. The molecule has 1 fully saturated rings. The van der Waals surface area contributed by atoms with Crippen LogP contribution in [-0.2, 0) is 9.53 Å². The average molecular weight is 157 g/mol. The van der Waals surface area contributed by atoms with Gasteiger partial charge in [0.15, 0.2) is 5.78 Å². The Kier molecular flexibility index (Phi) is 2.62. The topological polar surface area (TPSA) is 38.3 Å². The van der Waals surface area contributed by atoms with E-state index in [4.69, 9.17) is 4.74 Å². The van der Waals surface area contributed by atoms with E-state index in [1.54, 1.807) is 0 Å². The van der Waals surface area contributed by atoms with E-state index in [1.165, 1.54) is 0 Å². The zero-order chi connectivity index (χ0) is 8.32. The van der Waals surface area contributed by atoms with Crippen molar-refractivity contribution < 1.29 is 9.53 Å². The Balaban J connectivity index is 2.28. The number of hydrogen-bond donors (Lipinski definition) is 1. The highest BCUT2D eigenvalue weighted by Crippen LogP contribution is 2.22. The van der Waals surface area contributed by atoms with E-state index < -0.39 is 0 Å². The molecule has 0 unspecified atom stereocenters. The number of carbonyl (C=O) groups is 1. The van der Waals surface area contributed by atoms with Gasteiger partial charge in [-0.05, 0) is 6.92 Å². The number of ether oxygens (including phenoxy) is 1. The van der Waals surface area contributed by atoms with Crippen molar-refractivity contribution in [2.75, 3.05) is 26.3 Å². The van der Waals surface area contributed by atoms with Crippen LogP contribution in [0.2, 0.25) is 0 Å². The molecule has 3 nitrogen and oxygen atoms in total. The van der Waals surface area contributed by atoms with Gasteiger partial charge in [0.05, 0.1) is 5.41 Å². The van der Waals surface area contributed by atoms with Crippen molar-refractivity contribution in [3.63, 3.8) is 0 Å². The van der Waals surface area contributed by atoms with E-state index in [0.717, 1.165) is 13.1 Å². The van der Waals surface area contributed by atoms with E-state index in [2.05, 4.69) is 5.32 Å². The molecule has 0 atom stereocenters. The molecule has 1 saturated heterocycles. The summed E-state index contributed by atoms with van der Waals surface area (Å²) in [6, 6.07) is 0. The monoisotopic (exact) mass is 157 g/mol. The Bertz CT molecular complexity index is 152. The van der Waals surface area contributed by atoms with Gasteiger partial charge < -0.3 is 10.1 Å². The molecule has 3 heteroatoms. The lowest BCUT2D eigenvalue weighted by molar-refractivity contribution is -0.135. The van der Waals surface area contributed by atoms with Gasteiger partial charge in [-0.3, -0.25) is 4.79 Å². The first-order valence-corrected chi connectivity index (χ1v) is 4.01. The van der Waals surface area contributed by atoms with Crippen molar-refractivity contribution in [2.45, 2.75) is 13.8 Å². The molecule has 11 heavy (non-hydrogen) atoms. The third kappa shape index (κ3) is 1.79. The van der Waals surface area contributed by atoms with Gasteiger partial charge >= 0.3 is 0 Å². The molecular weight excluding hydrogens is 142 g/mol. The molecule has 1 aliphatic rings. The highest BCUT2D eigenvalue weighted by Gasteiger charge is 2.38. The third-order valence-electron chi connectivity index (χ3n) is 2.14. The number of Topliss-reactive ketones (excluding diaryl/α,β-unsaturated/α-hetero) is 1. The van der Waals surface area contributed by atoms with Crippen LogP contribution in [0, 0.1) is 5.41 Å². The summed E-state index contributed by atoms with van der Waals surface area (Å²) in [6.45, 7) is 6.38. The molecule has 1 aliphatic heterocycles. The summed E-state index contributed by atoms with van der Waals surface area (Å²) in [5.41, 5.74) is -0.144. The van der Waals surface area contributed by atoms with Crippen LogP contribution in [0.1, 0.15) is 13.8 Å². The zero-order valence-corrected chi connectivity index (χ0v) is 7.14. The van der Waals surface area contributed by atoms with Crippen molar-refractivity contribution in [3.8, 4) is 0 Å². The SMILES string of the molecule is CCOCC(=O)C1(C)CNC1. The van der Waals surface area contributed by atoms with Gasteiger partial charge in [0.25, 0.3) is 0 Å². The fraction of sp³-hybridized carbons (Fsp3) is 0.875. The van der Waals surface area contributed by atoms with Crippen LogP contribution < -0.4 is 5.32 Å². The van der Waals surface area contributed by atoms with Crippen LogP contribution in [0.3, 0.4) is 0 Å². The lowest BCUT2D eigenvalue weighted by Crippen LogP contribution is -2.57. The van der Waals surface area contributed by atoms with Gasteiger partial charge in [-0.2, -0.15) is 0 Å². The van der Waals surface area contributed by atoms with Crippen LogP contribution in [0.25, 0.3) is 0 Å². The second-order valence-corrected chi connectivity index (χ2v) is 3.22. The minimum atomic E-state index is -0.144. The van der Waals surface area contributed by atoms with Crippen LogP contribution in [0.15, 0.2) is 0 Å². The second kappa shape index (κ2) is 3.32. The molecule has 0 saturated carbocycles. The maximum absolute atomic E-state index is 11.3. The summed E-state index contributed by atoms with van der Waals surface area (Å²) in [4.78, 5) is 11.3. The quantitative estimate of drug-likeness (QED) is 0.633. The molecule has 0 spiro atoms. The Morgan fingerprint density at radius 3 is 2.64 bits per heavy atom. The molecule has 0 radical (unpaired) electrons. The first kappa shape index (κ1) is 8.68. The van der Waals surface area contributed by atoms with Crippen LogP contribution >= 0.6 is 0 Å². The van der Waals surface area contributed by atoms with E-state index in [1.807, 2.05) is 13.8 Å². The van der Waals surface area contributed by atoms with Crippen LogP contribution in [0.4, 0.5) is 0 Å². The number of ketones is 1. The van der Waals surface area contributed by atoms with Crippen molar-refractivity contribution in [3.05, 3.63) is 0 Å². The molecule has 0 amide bonds. The summed E-state index contributed by atoms with van der Waals surface area (Å²) in [5, 5.41) is 3.08. The predicted octanol–water partition coefficient (Wildman–Crippen LogP) is 0.201. The Labute approximate surface area is 67.1 Å². The molecule has 1 rings (SSSR count). The molecule has 1 N–H and O–H groups in total. The normalized spacial score (nSPS) is 20.9. The second-order valence-electron chi connectivity index (χ2n) is 3.22. The average Bonchev–Trinajstić information content (AvgIpc) is 1.95. The van der Waals surface area contributed by atoms with Crippen molar-refractivity contribution >= 4 is 5.78 Å². The summed E-state index contributed by atoms with van der Waals surface area (Å²) in [6.07, 6.45) is 0. The van der Waals surface area contributed by atoms with Crippen molar-refractivity contribution in [1.29, 1.82) is 0 Å². The molecule has 0 aliphatic carbocycles. The molecule has 64 valence electrons. The van der Waals surface area contributed by atoms with Crippen LogP contribution in [0.5, 0.6) is 0 Å². The van der Waals surface area contributed by atoms with E-state index in [0.29, 0.717) is 6.61 Å². The fourth-order valence-electron chi connectivity index (χ4n) is 1.07. The van der Waals surface area contributed by atoms with Gasteiger partial charge in [-0.15, -0.1) is 0 Å². The summed E-state index contributed by atoms with van der Waals surface area (Å²) in [7, 11) is 0. The standard InChI is InChI=1S/C8H15NO2/c1-3-11-4-7(10)8(2)5-9-6-8/h9H,3-6H2,1-2H3. The largest absolute Gasteiger partial charge is 0.374 e. The molecule has 0 bridgehead atoms. The van der Waals surface area contributed by atoms with Gasteiger partial charge in [0, 0.05) is 19.7 Å². The number of hydrogen-bond acceptors (Lipinski definition) is 3. The predicted molar refractivity (Wildman–Crippen MR) is 42.5 cm³/mol. The Hall–Kier alpha value is -0.410. The van der Waals surface area contributed by atoms with Gasteiger partial charge in [-0.1, -0.05) is 6.92 Å².